The minimum absolute atomic E-state index is 0.205. The summed E-state index contributed by atoms with van der Waals surface area (Å²) >= 11 is 0. The van der Waals surface area contributed by atoms with E-state index in [0.29, 0.717) is 12.0 Å². The third kappa shape index (κ3) is 3.30. The van der Waals surface area contributed by atoms with Gasteiger partial charge in [0.1, 0.15) is 5.82 Å². The van der Waals surface area contributed by atoms with Gasteiger partial charge in [-0.05, 0) is 49.9 Å². The van der Waals surface area contributed by atoms with Crippen LogP contribution in [0.3, 0.4) is 0 Å². The Hall–Kier alpha value is -1.13. The van der Waals surface area contributed by atoms with Crippen LogP contribution < -0.4 is 10.2 Å². The Morgan fingerprint density at radius 2 is 2.35 bits per heavy atom. The molecule has 0 bridgehead atoms. The molecule has 4 heteroatoms. The first-order chi connectivity index (χ1) is 9.67. The van der Waals surface area contributed by atoms with E-state index in [2.05, 4.69) is 48.1 Å². The Bertz CT molecular complexity index is 424. The number of nitrogens with one attached hydrogen (secondary N) is 1. The lowest BCUT2D eigenvalue weighted by molar-refractivity contribution is 0.244. The van der Waals surface area contributed by atoms with Crippen LogP contribution in [0.2, 0.25) is 0 Å². The average molecular weight is 277 g/mol. The van der Waals surface area contributed by atoms with Crippen LogP contribution in [0.25, 0.3) is 0 Å². The highest BCUT2D eigenvalue weighted by molar-refractivity contribution is 5.44. The van der Waals surface area contributed by atoms with Gasteiger partial charge in [-0.15, -0.1) is 0 Å². The van der Waals surface area contributed by atoms with Gasteiger partial charge >= 0.3 is 0 Å². The van der Waals surface area contributed by atoms with Crippen molar-refractivity contribution in [1.29, 1.82) is 0 Å². The van der Waals surface area contributed by atoms with Crippen molar-refractivity contribution in [3.8, 4) is 0 Å². The van der Waals surface area contributed by atoms with Gasteiger partial charge in [0.2, 0.25) is 0 Å². The molecule has 2 heterocycles. The number of aliphatic hydroxyl groups is 1. The molecule has 0 radical (unpaired) electrons. The minimum Gasteiger partial charge on any atom is -0.394 e. The highest BCUT2D eigenvalue weighted by Crippen LogP contribution is 2.29. The molecule has 20 heavy (non-hydrogen) atoms. The smallest absolute Gasteiger partial charge is 0.129 e. The van der Waals surface area contributed by atoms with Gasteiger partial charge in [-0.2, -0.15) is 0 Å². The number of hydrogen-bond acceptors (Lipinski definition) is 4. The lowest BCUT2D eigenvalue weighted by Gasteiger charge is -2.27. The van der Waals surface area contributed by atoms with Gasteiger partial charge in [-0.25, -0.2) is 4.98 Å². The van der Waals surface area contributed by atoms with Gasteiger partial charge in [0.05, 0.1) is 12.6 Å². The van der Waals surface area contributed by atoms with Crippen LogP contribution in [0.1, 0.15) is 45.2 Å². The Balaban J connectivity index is 2.13. The van der Waals surface area contributed by atoms with Gasteiger partial charge in [0.15, 0.2) is 0 Å². The van der Waals surface area contributed by atoms with Gasteiger partial charge in [0.25, 0.3) is 0 Å². The molecule has 1 aromatic rings. The van der Waals surface area contributed by atoms with E-state index in [1.807, 2.05) is 6.20 Å². The molecular weight excluding hydrogens is 250 g/mol. The normalized spacial score (nSPS) is 24.1. The zero-order chi connectivity index (χ0) is 14.5. The Morgan fingerprint density at radius 3 is 3.05 bits per heavy atom. The molecule has 0 spiro atoms. The van der Waals surface area contributed by atoms with Crippen molar-refractivity contribution >= 4 is 5.82 Å². The predicted octanol–water partition coefficient (Wildman–Crippen LogP) is 2.35. The molecular formula is C16H27N3O. The molecule has 2 N–H and O–H groups in total. The fraction of sp³-hybridized carbons (Fsp3) is 0.688. The highest BCUT2D eigenvalue weighted by atomic mass is 16.3. The molecule has 112 valence electrons. The number of aromatic nitrogens is 1. The van der Waals surface area contributed by atoms with Crippen molar-refractivity contribution in [2.75, 3.05) is 24.6 Å². The van der Waals surface area contributed by atoms with Crippen LogP contribution in [-0.4, -0.2) is 35.8 Å². The second-order valence-corrected chi connectivity index (χ2v) is 5.83. The van der Waals surface area contributed by atoms with E-state index in [0.717, 1.165) is 31.7 Å². The van der Waals surface area contributed by atoms with Crippen molar-refractivity contribution in [3.05, 3.63) is 23.9 Å². The number of hydrogen-bond donors (Lipinski definition) is 2. The summed E-state index contributed by atoms with van der Waals surface area (Å²) in [6.45, 7) is 8.78. The monoisotopic (exact) mass is 277 g/mol. The fourth-order valence-electron chi connectivity index (χ4n) is 2.91. The van der Waals surface area contributed by atoms with Crippen molar-refractivity contribution in [1.82, 2.24) is 10.3 Å². The maximum absolute atomic E-state index is 9.58. The molecule has 1 fully saturated rings. The predicted molar refractivity (Wildman–Crippen MR) is 82.9 cm³/mol. The molecule has 1 aromatic heterocycles. The molecule has 1 saturated heterocycles. The fourth-order valence-corrected chi connectivity index (χ4v) is 2.91. The molecule has 0 amide bonds. The van der Waals surface area contributed by atoms with Crippen LogP contribution in [-0.2, 0) is 0 Å². The molecule has 1 aliphatic heterocycles. The van der Waals surface area contributed by atoms with Crippen LogP contribution in [0.4, 0.5) is 5.82 Å². The van der Waals surface area contributed by atoms with Crippen molar-refractivity contribution in [2.45, 2.75) is 45.7 Å². The topological polar surface area (TPSA) is 48.4 Å². The van der Waals surface area contributed by atoms with E-state index in [1.165, 1.54) is 5.56 Å². The average Bonchev–Trinajstić information content (AvgIpc) is 2.85. The van der Waals surface area contributed by atoms with E-state index >= 15 is 0 Å². The van der Waals surface area contributed by atoms with Crippen LogP contribution in [0.5, 0.6) is 0 Å². The molecule has 0 saturated carbocycles. The Kier molecular flexibility index (Phi) is 5.38. The highest BCUT2D eigenvalue weighted by Gasteiger charge is 2.31. The molecule has 3 unspecified atom stereocenters. The zero-order valence-corrected chi connectivity index (χ0v) is 12.8. The van der Waals surface area contributed by atoms with E-state index in [4.69, 9.17) is 0 Å². The maximum atomic E-state index is 9.58. The molecule has 2 rings (SSSR count). The first-order valence-corrected chi connectivity index (χ1v) is 7.74. The summed E-state index contributed by atoms with van der Waals surface area (Å²) in [7, 11) is 0. The number of nitrogens with zero attached hydrogens (tertiary/aromatic N) is 2. The van der Waals surface area contributed by atoms with Crippen LogP contribution in [0, 0.1) is 5.92 Å². The summed E-state index contributed by atoms with van der Waals surface area (Å²) in [4.78, 5) is 6.75. The third-order valence-electron chi connectivity index (χ3n) is 4.33. The lowest BCUT2D eigenvalue weighted by Crippen LogP contribution is -2.35. The van der Waals surface area contributed by atoms with Crippen LogP contribution in [0.15, 0.2) is 18.3 Å². The largest absolute Gasteiger partial charge is 0.394 e. The minimum atomic E-state index is 0.205. The van der Waals surface area contributed by atoms with Crippen LogP contribution >= 0.6 is 0 Å². The van der Waals surface area contributed by atoms with Gasteiger partial charge in [-0.1, -0.05) is 13.8 Å². The van der Waals surface area contributed by atoms with E-state index < -0.39 is 0 Å². The standard InChI is InChI=1S/C16H27N3O/c1-4-7-17-13(3)14-5-8-18-16(10-14)19-9-6-12(2)15(19)11-20/h5,8,10,12-13,15,17,20H,4,6-7,9,11H2,1-3H3. The zero-order valence-electron chi connectivity index (χ0n) is 12.8. The molecule has 0 aliphatic carbocycles. The maximum Gasteiger partial charge on any atom is 0.129 e. The van der Waals surface area contributed by atoms with E-state index in [-0.39, 0.29) is 12.6 Å². The van der Waals surface area contributed by atoms with Gasteiger partial charge < -0.3 is 15.3 Å². The summed E-state index contributed by atoms with van der Waals surface area (Å²) in [5.74, 6) is 1.53. The quantitative estimate of drug-likeness (QED) is 0.838. The molecule has 0 aromatic carbocycles. The molecule has 3 atom stereocenters. The number of pyridine rings is 1. The summed E-state index contributed by atoms with van der Waals surface area (Å²) in [6, 6.07) is 4.78. The van der Waals surface area contributed by atoms with E-state index in [1.54, 1.807) is 0 Å². The first kappa shape index (κ1) is 15.3. The summed E-state index contributed by atoms with van der Waals surface area (Å²) in [5, 5.41) is 13.1. The van der Waals surface area contributed by atoms with Crippen molar-refractivity contribution in [3.63, 3.8) is 0 Å². The van der Waals surface area contributed by atoms with Crippen molar-refractivity contribution < 1.29 is 5.11 Å². The first-order valence-electron chi connectivity index (χ1n) is 7.74. The number of aliphatic hydroxyl groups excluding tert-OH is 1. The van der Waals surface area contributed by atoms with Crippen molar-refractivity contribution in [2.24, 2.45) is 5.92 Å². The lowest BCUT2D eigenvalue weighted by atomic mass is 10.0. The van der Waals surface area contributed by atoms with E-state index in [9.17, 15) is 5.11 Å². The summed E-state index contributed by atoms with van der Waals surface area (Å²) in [6.07, 6.45) is 4.14. The number of anilines is 1. The molecule has 4 nitrogen and oxygen atoms in total. The number of rotatable bonds is 6. The SMILES string of the molecule is CCCNC(C)c1ccnc(N2CCC(C)C2CO)c1. The summed E-state index contributed by atoms with van der Waals surface area (Å²) in [5.41, 5.74) is 1.26. The van der Waals surface area contributed by atoms with Gasteiger partial charge in [0, 0.05) is 18.8 Å². The Labute approximate surface area is 122 Å². The second-order valence-electron chi connectivity index (χ2n) is 5.83. The second kappa shape index (κ2) is 7.04. The Morgan fingerprint density at radius 1 is 1.55 bits per heavy atom. The third-order valence-corrected chi connectivity index (χ3v) is 4.33. The summed E-state index contributed by atoms with van der Waals surface area (Å²) < 4.78 is 0. The molecule has 1 aliphatic rings. The van der Waals surface area contributed by atoms with Gasteiger partial charge in [-0.3, -0.25) is 0 Å².